The van der Waals surface area contributed by atoms with E-state index >= 15 is 0 Å². The Morgan fingerprint density at radius 1 is 1.50 bits per heavy atom. The lowest BCUT2D eigenvalue weighted by Crippen LogP contribution is -2.17. The molecule has 0 N–H and O–H groups in total. The van der Waals surface area contributed by atoms with Crippen LogP contribution in [0.5, 0.6) is 0 Å². The number of rotatable bonds is 0. The fraction of sp³-hybridized carbons (Fsp3) is 0.714. The molecule has 0 aromatic rings. The maximum atomic E-state index is 5.21. The van der Waals surface area contributed by atoms with E-state index in [4.69, 9.17) is 4.74 Å². The lowest BCUT2D eigenvalue weighted by Gasteiger charge is -2.21. The van der Waals surface area contributed by atoms with E-state index in [1.165, 1.54) is 6.42 Å². The summed E-state index contributed by atoms with van der Waals surface area (Å²) in [5.41, 5.74) is 0. The second kappa shape index (κ2) is 2.21. The standard InChI is InChI=1S/C7H12O/c1-6-4-3-5-8-7(6)2/h3,5-7H,4H2,1-2H3/t6-,7+/m0/s1. The van der Waals surface area contributed by atoms with Crippen LogP contribution in [0.25, 0.3) is 0 Å². The summed E-state index contributed by atoms with van der Waals surface area (Å²) in [6.07, 6.45) is 5.45. The molecule has 0 aromatic carbocycles. The molecule has 1 rings (SSSR count). The first kappa shape index (κ1) is 5.67. The van der Waals surface area contributed by atoms with Crippen molar-refractivity contribution in [3.05, 3.63) is 12.3 Å². The van der Waals surface area contributed by atoms with Gasteiger partial charge in [0.1, 0.15) is 0 Å². The lowest BCUT2D eigenvalue weighted by atomic mass is 10.0. The summed E-state index contributed by atoms with van der Waals surface area (Å²) in [4.78, 5) is 0. The Hall–Kier alpha value is -0.460. The topological polar surface area (TPSA) is 9.23 Å². The van der Waals surface area contributed by atoms with Crippen molar-refractivity contribution < 1.29 is 4.74 Å². The summed E-state index contributed by atoms with van der Waals surface area (Å²) in [7, 11) is 0. The van der Waals surface area contributed by atoms with Crippen LogP contribution in [0.15, 0.2) is 12.3 Å². The molecule has 0 saturated carbocycles. The molecule has 0 aromatic heterocycles. The SMILES string of the molecule is C[C@H]1CC=CO[C@@H]1C. The first-order valence-corrected chi connectivity index (χ1v) is 3.11. The van der Waals surface area contributed by atoms with Gasteiger partial charge in [0.2, 0.25) is 0 Å². The Morgan fingerprint density at radius 2 is 2.25 bits per heavy atom. The van der Waals surface area contributed by atoms with Crippen molar-refractivity contribution in [2.45, 2.75) is 26.4 Å². The van der Waals surface area contributed by atoms with Crippen LogP contribution in [-0.4, -0.2) is 6.10 Å². The third-order valence-electron chi connectivity index (χ3n) is 1.70. The van der Waals surface area contributed by atoms with Gasteiger partial charge < -0.3 is 4.74 Å². The summed E-state index contributed by atoms with van der Waals surface area (Å²) >= 11 is 0. The fourth-order valence-corrected chi connectivity index (χ4v) is 0.775. The molecule has 0 unspecified atom stereocenters. The molecule has 1 aliphatic rings. The molecule has 0 fully saturated rings. The van der Waals surface area contributed by atoms with Gasteiger partial charge in [-0.15, -0.1) is 0 Å². The average Bonchev–Trinajstić information content (AvgIpc) is 1.77. The van der Waals surface area contributed by atoms with Gasteiger partial charge in [0.25, 0.3) is 0 Å². The highest BCUT2D eigenvalue weighted by molar-refractivity contribution is 4.84. The predicted octanol–water partition coefficient (Wildman–Crippen LogP) is 1.95. The number of hydrogen-bond acceptors (Lipinski definition) is 1. The summed E-state index contributed by atoms with van der Waals surface area (Å²) < 4.78 is 5.21. The van der Waals surface area contributed by atoms with Gasteiger partial charge in [0.05, 0.1) is 12.4 Å². The van der Waals surface area contributed by atoms with Crippen LogP contribution < -0.4 is 0 Å². The van der Waals surface area contributed by atoms with Crippen LogP contribution >= 0.6 is 0 Å². The van der Waals surface area contributed by atoms with Gasteiger partial charge >= 0.3 is 0 Å². The molecule has 1 heterocycles. The minimum Gasteiger partial charge on any atom is -0.498 e. The van der Waals surface area contributed by atoms with Gasteiger partial charge in [-0.1, -0.05) is 6.92 Å². The maximum absolute atomic E-state index is 5.21. The van der Waals surface area contributed by atoms with E-state index in [0.29, 0.717) is 12.0 Å². The number of hydrogen-bond donors (Lipinski definition) is 0. The predicted molar refractivity (Wildman–Crippen MR) is 33.5 cm³/mol. The molecule has 0 bridgehead atoms. The van der Waals surface area contributed by atoms with Crippen LogP contribution in [0.2, 0.25) is 0 Å². The average molecular weight is 112 g/mol. The second-order valence-corrected chi connectivity index (χ2v) is 2.43. The van der Waals surface area contributed by atoms with Crippen LogP contribution in [0.3, 0.4) is 0 Å². The molecule has 0 spiro atoms. The minimum absolute atomic E-state index is 0.417. The molecule has 2 atom stereocenters. The highest BCUT2D eigenvalue weighted by Gasteiger charge is 2.12. The first-order chi connectivity index (χ1) is 3.80. The Morgan fingerprint density at radius 3 is 2.62 bits per heavy atom. The molecule has 46 valence electrons. The van der Waals surface area contributed by atoms with Crippen molar-refractivity contribution in [1.82, 2.24) is 0 Å². The molecule has 1 aliphatic heterocycles. The van der Waals surface area contributed by atoms with Crippen LogP contribution in [0.4, 0.5) is 0 Å². The first-order valence-electron chi connectivity index (χ1n) is 3.11. The zero-order valence-corrected chi connectivity index (χ0v) is 5.42. The molecule has 1 nitrogen and oxygen atoms in total. The Balaban J connectivity index is 2.44. The quantitative estimate of drug-likeness (QED) is 0.465. The third-order valence-corrected chi connectivity index (χ3v) is 1.70. The molecular formula is C7H12O. The third kappa shape index (κ3) is 1.03. The van der Waals surface area contributed by atoms with Gasteiger partial charge in [-0.2, -0.15) is 0 Å². The van der Waals surface area contributed by atoms with Crippen molar-refractivity contribution in [2.24, 2.45) is 5.92 Å². The summed E-state index contributed by atoms with van der Waals surface area (Å²) in [5, 5.41) is 0. The lowest BCUT2D eigenvalue weighted by molar-refractivity contribution is 0.0962. The highest BCUT2D eigenvalue weighted by atomic mass is 16.5. The van der Waals surface area contributed by atoms with E-state index < -0.39 is 0 Å². The van der Waals surface area contributed by atoms with E-state index in [1.807, 2.05) is 0 Å². The molecule has 8 heavy (non-hydrogen) atoms. The number of ether oxygens (including phenoxy) is 1. The van der Waals surface area contributed by atoms with Gasteiger partial charge in [-0.25, -0.2) is 0 Å². The van der Waals surface area contributed by atoms with Crippen LogP contribution in [-0.2, 0) is 4.74 Å². The second-order valence-electron chi connectivity index (χ2n) is 2.43. The zero-order valence-electron chi connectivity index (χ0n) is 5.42. The van der Waals surface area contributed by atoms with E-state index in [0.717, 1.165) is 0 Å². The molecule has 0 aliphatic carbocycles. The summed E-state index contributed by atoms with van der Waals surface area (Å²) in [6.45, 7) is 4.31. The molecule has 1 heteroatoms. The van der Waals surface area contributed by atoms with Gasteiger partial charge in [-0.05, 0) is 25.3 Å². The van der Waals surface area contributed by atoms with E-state index in [1.54, 1.807) is 6.26 Å². The van der Waals surface area contributed by atoms with E-state index in [2.05, 4.69) is 19.9 Å². The highest BCUT2D eigenvalue weighted by Crippen LogP contribution is 2.16. The van der Waals surface area contributed by atoms with Crippen molar-refractivity contribution in [2.75, 3.05) is 0 Å². The largest absolute Gasteiger partial charge is 0.498 e. The van der Waals surface area contributed by atoms with Gasteiger partial charge in [0, 0.05) is 0 Å². The number of allylic oxidation sites excluding steroid dienone is 1. The Kier molecular flexibility index (Phi) is 1.56. The van der Waals surface area contributed by atoms with E-state index in [-0.39, 0.29) is 0 Å². The van der Waals surface area contributed by atoms with Gasteiger partial charge in [-0.3, -0.25) is 0 Å². The minimum atomic E-state index is 0.417. The van der Waals surface area contributed by atoms with Crippen LogP contribution in [0, 0.1) is 5.92 Å². The van der Waals surface area contributed by atoms with Crippen molar-refractivity contribution in [1.29, 1.82) is 0 Å². The normalized spacial score (nSPS) is 36.8. The molecule has 0 saturated heterocycles. The van der Waals surface area contributed by atoms with E-state index in [9.17, 15) is 0 Å². The molecular weight excluding hydrogens is 100 g/mol. The maximum Gasteiger partial charge on any atom is 0.0978 e. The molecule has 0 radical (unpaired) electrons. The molecule has 0 amide bonds. The van der Waals surface area contributed by atoms with Crippen molar-refractivity contribution >= 4 is 0 Å². The Labute approximate surface area is 50.3 Å². The summed E-state index contributed by atoms with van der Waals surface area (Å²) in [6, 6.07) is 0. The Bertz CT molecular complexity index is 84.6. The smallest absolute Gasteiger partial charge is 0.0978 e. The zero-order chi connectivity index (χ0) is 5.98. The monoisotopic (exact) mass is 112 g/mol. The van der Waals surface area contributed by atoms with Crippen LogP contribution in [0.1, 0.15) is 20.3 Å². The fourth-order valence-electron chi connectivity index (χ4n) is 0.775. The van der Waals surface area contributed by atoms with Crippen molar-refractivity contribution in [3.8, 4) is 0 Å². The summed E-state index contributed by atoms with van der Waals surface area (Å²) in [5.74, 6) is 0.694. The van der Waals surface area contributed by atoms with Crippen molar-refractivity contribution in [3.63, 3.8) is 0 Å². The van der Waals surface area contributed by atoms with Gasteiger partial charge in [0.15, 0.2) is 0 Å².